The van der Waals surface area contributed by atoms with E-state index in [1.54, 1.807) is 6.20 Å². The van der Waals surface area contributed by atoms with Gasteiger partial charge in [0.15, 0.2) is 0 Å². The maximum Gasteiger partial charge on any atom is 0.490 e. The molecule has 0 unspecified atom stereocenters. The van der Waals surface area contributed by atoms with Crippen LogP contribution >= 0.6 is 0 Å². The summed E-state index contributed by atoms with van der Waals surface area (Å²) in [6, 6.07) is 8.85. The van der Waals surface area contributed by atoms with Gasteiger partial charge in [0.2, 0.25) is 5.91 Å². The molecule has 2 rings (SSSR count). The molecule has 1 aromatic heterocycles. The van der Waals surface area contributed by atoms with E-state index in [0.29, 0.717) is 24.1 Å². The summed E-state index contributed by atoms with van der Waals surface area (Å²) in [4.78, 5) is 47.6. The number of aliphatic carboxylic acids is 1. The second-order valence-electron chi connectivity index (χ2n) is 7.42. The minimum absolute atomic E-state index is 0.0395. The quantitative estimate of drug-likeness (QED) is 0.348. The number of H-pyrrole nitrogens is 1. The van der Waals surface area contributed by atoms with Crippen LogP contribution < -0.4 is 11.1 Å². The molecule has 2 aromatic rings. The number of carbonyl (C=O) groups excluding carboxylic acids is 3. The lowest BCUT2D eigenvalue weighted by molar-refractivity contribution is -0.192. The predicted molar refractivity (Wildman–Crippen MR) is 121 cm³/mol. The number of hydrogen-bond acceptors (Lipinski definition) is 7. The zero-order valence-electron chi connectivity index (χ0n) is 19.7. The number of amides is 1. The number of methoxy groups -OCH3 is 2. The molecule has 36 heavy (non-hydrogen) atoms. The topological polar surface area (TPSA) is 161 Å². The van der Waals surface area contributed by atoms with Crippen LogP contribution in [0.3, 0.4) is 0 Å². The number of rotatable bonds is 10. The number of esters is 2. The summed E-state index contributed by atoms with van der Waals surface area (Å²) in [6.45, 7) is 0.186. The number of carboxylic acid groups (broad SMARTS) is 1. The zero-order chi connectivity index (χ0) is 27.3. The van der Waals surface area contributed by atoms with E-state index in [4.69, 9.17) is 20.4 Å². The van der Waals surface area contributed by atoms with Crippen molar-refractivity contribution >= 4 is 23.8 Å². The number of nitrogens with one attached hydrogen (secondary N) is 2. The van der Waals surface area contributed by atoms with Gasteiger partial charge in [-0.25, -0.2) is 4.79 Å². The van der Waals surface area contributed by atoms with Crippen LogP contribution in [0.2, 0.25) is 0 Å². The minimum atomic E-state index is -5.08. The number of aromatic amines is 1. The molecule has 10 nitrogen and oxygen atoms in total. The summed E-state index contributed by atoms with van der Waals surface area (Å²) >= 11 is 0. The van der Waals surface area contributed by atoms with Crippen LogP contribution in [0.5, 0.6) is 0 Å². The molecule has 0 saturated carbocycles. The molecule has 0 spiro atoms. The molecule has 0 aliphatic rings. The smallest absolute Gasteiger partial charge is 0.475 e. The first kappa shape index (κ1) is 30.2. The van der Waals surface area contributed by atoms with Crippen LogP contribution in [-0.4, -0.2) is 60.3 Å². The number of benzene rings is 1. The average Bonchev–Trinajstić information content (AvgIpc) is 3.22. The lowest BCUT2D eigenvalue weighted by atomic mass is 10.0. The first-order valence-electron chi connectivity index (χ1n) is 10.6. The Kier molecular flexibility index (Phi) is 12.2. The molecule has 198 valence electrons. The van der Waals surface area contributed by atoms with Crippen molar-refractivity contribution in [3.8, 4) is 0 Å². The van der Waals surface area contributed by atoms with E-state index in [2.05, 4.69) is 15.0 Å². The molecular weight excluding hydrogens is 487 g/mol. The third kappa shape index (κ3) is 10.6. The van der Waals surface area contributed by atoms with Crippen LogP contribution in [0.1, 0.15) is 28.8 Å². The molecule has 1 amide bonds. The van der Waals surface area contributed by atoms with Crippen LogP contribution in [0.15, 0.2) is 36.5 Å². The molecule has 0 aliphatic heterocycles. The second kappa shape index (κ2) is 14.5. The molecule has 13 heteroatoms. The number of ether oxygens (including phenoxy) is 2. The lowest BCUT2D eigenvalue weighted by Gasteiger charge is -2.13. The van der Waals surface area contributed by atoms with Gasteiger partial charge in [-0.1, -0.05) is 30.3 Å². The Morgan fingerprint density at radius 3 is 2.19 bits per heavy atom. The van der Waals surface area contributed by atoms with Crippen molar-refractivity contribution in [1.82, 2.24) is 10.3 Å². The van der Waals surface area contributed by atoms with Crippen molar-refractivity contribution in [2.75, 3.05) is 14.2 Å². The normalized spacial score (nSPS) is 11.5. The van der Waals surface area contributed by atoms with E-state index in [0.717, 1.165) is 11.1 Å². The van der Waals surface area contributed by atoms with Gasteiger partial charge in [0.1, 0.15) is 0 Å². The van der Waals surface area contributed by atoms with Crippen molar-refractivity contribution in [3.63, 3.8) is 0 Å². The fraction of sp³-hybridized carbons (Fsp3) is 0.391. The number of aryl methyl sites for hydroxylation is 1. The number of hydrogen-bond donors (Lipinski definition) is 4. The van der Waals surface area contributed by atoms with Gasteiger partial charge < -0.3 is 30.6 Å². The van der Waals surface area contributed by atoms with Crippen LogP contribution in [0.4, 0.5) is 13.2 Å². The first-order valence-corrected chi connectivity index (χ1v) is 10.6. The molecule has 0 fully saturated rings. The van der Waals surface area contributed by atoms with Gasteiger partial charge in [0, 0.05) is 18.3 Å². The summed E-state index contributed by atoms with van der Waals surface area (Å²) in [5.74, 6) is -3.79. The van der Waals surface area contributed by atoms with Crippen LogP contribution in [-0.2, 0) is 54.5 Å². The monoisotopic (exact) mass is 515 g/mol. The number of carbonyl (C=O) groups is 4. The lowest BCUT2D eigenvalue weighted by Crippen LogP contribution is -2.41. The summed E-state index contributed by atoms with van der Waals surface area (Å²) in [5, 5.41) is 9.93. The van der Waals surface area contributed by atoms with Gasteiger partial charge in [-0.3, -0.25) is 14.4 Å². The molecular formula is C23H28F3N3O7. The standard InChI is InChI=1S/C21H27N3O5.C2HF3O2/c1-28-19(25)9-8-15-12-23-18(16(15)11-20(26)29-2)13-24-21(27)17(22)10-14-6-4-3-5-7-14;3-2(4,5)1(6)7/h3-7,12,17,23H,8-11,13,22H2,1-2H3,(H,24,27);(H,6,7)/t17-;/m0./s1. The SMILES string of the molecule is COC(=O)CCc1c[nH]c(CNC(=O)[C@@H](N)Cc2ccccc2)c1CC(=O)OC.O=C(O)C(F)(F)F. The fourth-order valence-corrected chi connectivity index (χ4v) is 2.97. The fourth-order valence-electron chi connectivity index (χ4n) is 2.97. The Balaban J connectivity index is 0.000000809. The number of aromatic nitrogens is 1. The van der Waals surface area contributed by atoms with Crippen molar-refractivity contribution < 1.29 is 46.9 Å². The third-order valence-corrected chi connectivity index (χ3v) is 4.86. The molecule has 0 saturated heterocycles. The van der Waals surface area contributed by atoms with E-state index >= 15 is 0 Å². The highest BCUT2D eigenvalue weighted by Crippen LogP contribution is 2.18. The zero-order valence-corrected chi connectivity index (χ0v) is 19.7. The molecule has 5 N–H and O–H groups in total. The highest BCUT2D eigenvalue weighted by molar-refractivity contribution is 5.82. The largest absolute Gasteiger partial charge is 0.490 e. The number of carboxylic acids is 1. The Bertz CT molecular complexity index is 1020. The summed E-state index contributed by atoms with van der Waals surface area (Å²) in [6.07, 6.45) is -2.28. The molecule has 0 radical (unpaired) electrons. The molecule has 0 aliphatic carbocycles. The van der Waals surface area contributed by atoms with Crippen LogP contribution in [0.25, 0.3) is 0 Å². The van der Waals surface area contributed by atoms with Crippen molar-refractivity contribution in [2.24, 2.45) is 5.73 Å². The van der Waals surface area contributed by atoms with Gasteiger partial charge in [-0.2, -0.15) is 13.2 Å². The van der Waals surface area contributed by atoms with Crippen molar-refractivity contribution in [3.05, 3.63) is 58.9 Å². The maximum atomic E-state index is 12.4. The summed E-state index contributed by atoms with van der Waals surface area (Å²) < 4.78 is 41.2. The second-order valence-corrected chi connectivity index (χ2v) is 7.42. The van der Waals surface area contributed by atoms with Gasteiger partial charge in [0.25, 0.3) is 0 Å². The van der Waals surface area contributed by atoms with Crippen molar-refractivity contribution in [2.45, 2.75) is 44.4 Å². The Labute approximate surface area is 205 Å². The van der Waals surface area contributed by atoms with Gasteiger partial charge in [-0.05, 0) is 29.5 Å². The molecule has 1 atom stereocenters. The van der Waals surface area contributed by atoms with Gasteiger partial charge in [-0.15, -0.1) is 0 Å². The highest BCUT2D eigenvalue weighted by Gasteiger charge is 2.38. The van der Waals surface area contributed by atoms with E-state index in [1.807, 2.05) is 30.3 Å². The predicted octanol–water partition coefficient (Wildman–Crippen LogP) is 1.66. The number of alkyl halides is 3. The Hall–Kier alpha value is -3.87. The third-order valence-electron chi connectivity index (χ3n) is 4.86. The van der Waals surface area contributed by atoms with Crippen molar-refractivity contribution in [1.29, 1.82) is 0 Å². The Morgan fingerprint density at radius 1 is 1.08 bits per heavy atom. The van der Waals surface area contributed by atoms with E-state index in [9.17, 15) is 27.6 Å². The maximum absolute atomic E-state index is 12.4. The van der Waals surface area contributed by atoms with Crippen LogP contribution in [0, 0.1) is 0 Å². The first-order chi connectivity index (χ1) is 16.9. The minimum Gasteiger partial charge on any atom is -0.475 e. The van der Waals surface area contributed by atoms with Gasteiger partial charge >= 0.3 is 24.1 Å². The summed E-state index contributed by atoms with van der Waals surface area (Å²) in [7, 11) is 2.64. The molecule has 1 heterocycles. The summed E-state index contributed by atoms with van der Waals surface area (Å²) in [5.41, 5.74) is 9.17. The van der Waals surface area contributed by atoms with E-state index in [-0.39, 0.29) is 31.3 Å². The molecule has 1 aromatic carbocycles. The number of halogens is 3. The Morgan fingerprint density at radius 2 is 1.67 bits per heavy atom. The van der Waals surface area contributed by atoms with E-state index in [1.165, 1.54) is 14.2 Å². The number of nitrogens with two attached hydrogens (primary N) is 1. The van der Waals surface area contributed by atoms with Gasteiger partial charge in [0.05, 0.1) is 33.2 Å². The average molecular weight is 515 g/mol. The van der Waals surface area contributed by atoms with E-state index < -0.39 is 24.2 Å². The molecule has 0 bridgehead atoms. The highest BCUT2D eigenvalue weighted by atomic mass is 19.4.